The zero-order valence-corrected chi connectivity index (χ0v) is 15.0. The Bertz CT molecular complexity index is 748. The molecule has 24 heavy (non-hydrogen) atoms. The van der Waals surface area contributed by atoms with Crippen molar-refractivity contribution in [3.05, 3.63) is 69.8 Å². The summed E-state index contributed by atoms with van der Waals surface area (Å²) in [5.41, 5.74) is 7.66. The molecule has 0 fully saturated rings. The van der Waals surface area contributed by atoms with E-state index in [9.17, 15) is 4.79 Å². The van der Waals surface area contributed by atoms with Crippen molar-refractivity contribution in [3.8, 4) is 0 Å². The van der Waals surface area contributed by atoms with Gasteiger partial charge in [-0.05, 0) is 74.3 Å². The van der Waals surface area contributed by atoms with Crippen LogP contribution in [0.4, 0.5) is 0 Å². The van der Waals surface area contributed by atoms with Crippen molar-refractivity contribution >= 4 is 5.91 Å². The minimum atomic E-state index is 0.0508. The van der Waals surface area contributed by atoms with E-state index in [1.807, 2.05) is 0 Å². The fraction of sp³-hybridized carbons (Fsp3) is 0.409. The molecule has 0 saturated carbocycles. The number of amides is 1. The Morgan fingerprint density at radius 2 is 1.79 bits per heavy atom. The van der Waals surface area contributed by atoms with E-state index in [2.05, 4.69) is 62.5 Å². The predicted octanol–water partition coefficient (Wildman–Crippen LogP) is 4.60. The predicted molar refractivity (Wildman–Crippen MR) is 99.3 cm³/mol. The summed E-state index contributed by atoms with van der Waals surface area (Å²) in [6, 6.07) is 13.0. The van der Waals surface area contributed by atoms with Crippen LogP contribution in [0.2, 0.25) is 0 Å². The number of hydrogen-bond donors (Lipinski definition) is 1. The van der Waals surface area contributed by atoms with Gasteiger partial charge in [0.15, 0.2) is 0 Å². The van der Waals surface area contributed by atoms with Gasteiger partial charge in [-0.15, -0.1) is 0 Å². The monoisotopic (exact) mass is 321 g/mol. The molecule has 2 aromatic carbocycles. The Morgan fingerprint density at radius 1 is 1.04 bits per heavy atom. The number of hydrogen-bond acceptors (Lipinski definition) is 1. The molecule has 0 aromatic heterocycles. The van der Waals surface area contributed by atoms with Gasteiger partial charge in [-0.2, -0.15) is 0 Å². The van der Waals surface area contributed by atoms with Crippen LogP contribution in [0, 0.1) is 13.8 Å². The van der Waals surface area contributed by atoms with E-state index in [0.717, 1.165) is 5.56 Å². The molecule has 1 aliphatic carbocycles. The maximum atomic E-state index is 12.4. The van der Waals surface area contributed by atoms with Gasteiger partial charge in [-0.25, -0.2) is 0 Å². The summed E-state index contributed by atoms with van der Waals surface area (Å²) in [4.78, 5) is 12.4. The molecule has 2 aromatic rings. The van der Waals surface area contributed by atoms with Crippen molar-refractivity contribution in [1.29, 1.82) is 0 Å². The van der Waals surface area contributed by atoms with Gasteiger partial charge in [-0.3, -0.25) is 4.79 Å². The first-order valence-corrected chi connectivity index (χ1v) is 9.00. The summed E-state index contributed by atoms with van der Waals surface area (Å²) in [5, 5.41) is 3.16. The summed E-state index contributed by atoms with van der Waals surface area (Å²) >= 11 is 0. The molecule has 0 bridgehead atoms. The Balaban J connectivity index is 1.66. The Labute approximate surface area is 145 Å². The molecule has 0 spiro atoms. The average Bonchev–Trinajstić information content (AvgIpc) is 2.57. The second-order valence-electron chi connectivity index (χ2n) is 7.13. The number of aryl methyl sites for hydroxylation is 4. The largest absolute Gasteiger partial charge is 0.349 e. The quantitative estimate of drug-likeness (QED) is 0.876. The van der Waals surface area contributed by atoms with Crippen molar-refractivity contribution in [3.63, 3.8) is 0 Å². The van der Waals surface area contributed by atoms with Crippen molar-refractivity contribution in [2.24, 2.45) is 0 Å². The van der Waals surface area contributed by atoms with Gasteiger partial charge in [0.05, 0.1) is 12.5 Å². The van der Waals surface area contributed by atoms with Crippen molar-refractivity contribution < 1.29 is 4.79 Å². The number of rotatable bonds is 4. The van der Waals surface area contributed by atoms with E-state index in [4.69, 9.17) is 0 Å². The van der Waals surface area contributed by atoms with Crippen molar-refractivity contribution in [2.75, 3.05) is 0 Å². The summed E-state index contributed by atoms with van der Waals surface area (Å²) in [7, 11) is 0. The molecule has 1 N–H and O–H groups in total. The van der Waals surface area contributed by atoms with Crippen LogP contribution in [0.5, 0.6) is 0 Å². The molecular weight excluding hydrogens is 294 g/mol. The van der Waals surface area contributed by atoms with Crippen LogP contribution in [-0.4, -0.2) is 5.91 Å². The van der Waals surface area contributed by atoms with E-state index in [0.29, 0.717) is 6.42 Å². The van der Waals surface area contributed by atoms with Crippen LogP contribution < -0.4 is 5.32 Å². The van der Waals surface area contributed by atoms with Crippen LogP contribution in [0.1, 0.15) is 59.2 Å². The highest BCUT2D eigenvalue weighted by Gasteiger charge is 2.14. The average molecular weight is 321 g/mol. The lowest BCUT2D eigenvalue weighted by Gasteiger charge is -2.20. The molecule has 0 unspecified atom stereocenters. The van der Waals surface area contributed by atoms with Gasteiger partial charge < -0.3 is 5.32 Å². The lowest BCUT2D eigenvalue weighted by molar-refractivity contribution is -0.121. The second kappa shape index (κ2) is 7.21. The molecule has 1 aliphatic rings. The standard InChI is InChI=1S/C22H27NO/c1-15-8-9-16(2)21(12-15)14-22(24)23-17(3)19-11-10-18-6-4-5-7-20(18)13-19/h8-13,17H,4-7,14H2,1-3H3,(H,23,24)/t17-/m0/s1. The lowest BCUT2D eigenvalue weighted by atomic mass is 9.89. The summed E-state index contributed by atoms with van der Waals surface area (Å²) in [5.74, 6) is 0.0916. The minimum absolute atomic E-state index is 0.0508. The Hall–Kier alpha value is -2.09. The fourth-order valence-corrected chi connectivity index (χ4v) is 3.56. The number of fused-ring (bicyclic) bond motifs is 1. The molecule has 3 rings (SSSR count). The van der Waals surface area contributed by atoms with E-state index in [1.165, 1.54) is 53.5 Å². The number of nitrogens with one attached hydrogen (secondary N) is 1. The van der Waals surface area contributed by atoms with Crippen LogP contribution in [-0.2, 0) is 24.1 Å². The van der Waals surface area contributed by atoms with Gasteiger partial charge in [0.1, 0.15) is 0 Å². The Morgan fingerprint density at radius 3 is 2.58 bits per heavy atom. The third-order valence-corrected chi connectivity index (χ3v) is 5.11. The molecule has 0 heterocycles. The van der Waals surface area contributed by atoms with Crippen LogP contribution in [0.3, 0.4) is 0 Å². The zero-order chi connectivity index (χ0) is 17.1. The van der Waals surface area contributed by atoms with Crippen LogP contribution in [0.15, 0.2) is 36.4 Å². The highest BCUT2D eigenvalue weighted by molar-refractivity contribution is 5.79. The summed E-state index contributed by atoms with van der Waals surface area (Å²) in [6.07, 6.45) is 5.40. The van der Waals surface area contributed by atoms with Gasteiger partial charge in [0.25, 0.3) is 0 Å². The summed E-state index contributed by atoms with van der Waals surface area (Å²) in [6.45, 7) is 6.21. The third-order valence-electron chi connectivity index (χ3n) is 5.11. The fourth-order valence-electron chi connectivity index (χ4n) is 3.56. The highest BCUT2D eigenvalue weighted by Crippen LogP contribution is 2.25. The number of benzene rings is 2. The van der Waals surface area contributed by atoms with E-state index >= 15 is 0 Å². The van der Waals surface area contributed by atoms with Gasteiger partial charge in [-0.1, -0.05) is 42.0 Å². The van der Waals surface area contributed by atoms with Gasteiger partial charge in [0, 0.05) is 0 Å². The number of carbonyl (C=O) groups excluding carboxylic acids is 1. The van der Waals surface area contributed by atoms with E-state index in [1.54, 1.807) is 0 Å². The first kappa shape index (κ1) is 16.8. The highest BCUT2D eigenvalue weighted by atomic mass is 16.1. The lowest BCUT2D eigenvalue weighted by Crippen LogP contribution is -2.28. The maximum absolute atomic E-state index is 12.4. The minimum Gasteiger partial charge on any atom is -0.349 e. The molecule has 0 aliphatic heterocycles. The second-order valence-corrected chi connectivity index (χ2v) is 7.13. The SMILES string of the molecule is Cc1ccc(C)c(CC(=O)N[C@@H](C)c2ccc3c(c2)CCCC3)c1. The molecule has 2 nitrogen and oxygen atoms in total. The van der Waals surface area contributed by atoms with Crippen LogP contribution >= 0.6 is 0 Å². The smallest absolute Gasteiger partial charge is 0.224 e. The van der Waals surface area contributed by atoms with Gasteiger partial charge in [0.2, 0.25) is 5.91 Å². The topological polar surface area (TPSA) is 29.1 Å². The van der Waals surface area contributed by atoms with Crippen LogP contribution in [0.25, 0.3) is 0 Å². The van der Waals surface area contributed by atoms with E-state index in [-0.39, 0.29) is 11.9 Å². The third kappa shape index (κ3) is 3.87. The van der Waals surface area contributed by atoms with E-state index < -0.39 is 0 Å². The zero-order valence-electron chi connectivity index (χ0n) is 15.0. The maximum Gasteiger partial charge on any atom is 0.224 e. The van der Waals surface area contributed by atoms with Crippen molar-refractivity contribution in [2.45, 2.75) is 58.9 Å². The molecule has 0 saturated heterocycles. The first-order valence-electron chi connectivity index (χ1n) is 9.00. The molecule has 2 heteroatoms. The normalized spacial score (nSPS) is 14.8. The first-order chi connectivity index (χ1) is 11.5. The molecule has 0 radical (unpaired) electrons. The molecule has 1 atom stereocenters. The molecule has 1 amide bonds. The van der Waals surface area contributed by atoms with Gasteiger partial charge >= 0.3 is 0 Å². The molecular formula is C22H27NO. The Kier molecular flexibility index (Phi) is 5.03. The molecule has 126 valence electrons. The summed E-state index contributed by atoms with van der Waals surface area (Å²) < 4.78 is 0. The number of carbonyl (C=O) groups is 1. The van der Waals surface area contributed by atoms with Crippen molar-refractivity contribution in [1.82, 2.24) is 5.32 Å².